The summed E-state index contributed by atoms with van der Waals surface area (Å²) in [5, 5.41) is 2.65. The van der Waals surface area contributed by atoms with Gasteiger partial charge in [0.25, 0.3) is 5.91 Å². The van der Waals surface area contributed by atoms with Crippen LogP contribution in [0.15, 0.2) is 48.5 Å². The highest BCUT2D eigenvalue weighted by Gasteiger charge is 2.30. The third-order valence-corrected chi connectivity index (χ3v) is 4.00. The Labute approximate surface area is 149 Å². The molecule has 2 aromatic rings. The molecule has 0 saturated carbocycles. The van der Waals surface area contributed by atoms with Gasteiger partial charge < -0.3 is 10.1 Å². The van der Waals surface area contributed by atoms with Crippen molar-refractivity contribution in [3.05, 3.63) is 59.7 Å². The zero-order chi connectivity index (χ0) is 18.7. The van der Waals surface area contributed by atoms with Crippen molar-refractivity contribution in [2.24, 2.45) is 0 Å². The molecular weight excluding hydrogens is 336 g/mol. The Kier molecular flexibility index (Phi) is 4.79. The number of esters is 1. The Morgan fingerprint density at radius 3 is 2.38 bits per heavy atom. The van der Waals surface area contributed by atoms with Crippen LogP contribution in [0.2, 0.25) is 0 Å². The van der Waals surface area contributed by atoms with Crippen LogP contribution in [0.5, 0.6) is 0 Å². The topological polar surface area (TPSA) is 92.8 Å². The second-order valence-electron chi connectivity index (χ2n) is 5.66. The highest BCUT2D eigenvalue weighted by Crippen LogP contribution is 2.24. The van der Waals surface area contributed by atoms with Gasteiger partial charge in [-0.25, -0.2) is 4.79 Å². The summed E-state index contributed by atoms with van der Waals surface area (Å²) in [4.78, 5) is 49.2. The quantitative estimate of drug-likeness (QED) is 0.674. The zero-order valence-electron chi connectivity index (χ0n) is 14.0. The number of rotatable bonds is 4. The van der Waals surface area contributed by atoms with Gasteiger partial charge in [-0.3, -0.25) is 19.3 Å². The lowest BCUT2D eigenvalue weighted by molar-refractivity contribution is -0.121. The maximum atomic E-state index is 12.6. The van der Waals surface area contributed by atoms with Crippen LogP contribution in [-0.2, 0) is 14.3 Å². The SMILES string of the molecule is COC(=O)c1ccccc1NC(=O)c1cccc(N2C(=O)CCC2=O)c1. The van der Waals surface area contributed by atoms with Crippen molar-refractivity contribution in [1.82, 2.24) is 0 Å². The molecule has 2 aromatic carbocycles. The molecule has 1 fully saturated rings. The predicted octanol–water partition coefficient (Wildman–Crippen LogP) is 2.38. The number of benzene rings is 2. The number of imide groups is 1. The van der Waals surface area contributed by atoms with E-state index >= 15 is 0 Å². The lowest BCUT2D eigenvalue weighted by Crippen LogP contribution is -2.28. The van der Waals surface area contributed by atoms with Crippen LogP contribution in [0.25, 0.3) is 0 Å². The van der Waals surface area contributed by atoms with Crippen molar-refractivity contribution in [1.29, 1.82) is 0 Å². The van der Waals surface area contributed by atoms with E-state index in [0.717, 1.165) is 4.90 Å². The molecule has 3 amide bonds. The molecule has 0 atom stereocenters. The first kappa shape index (κ1) is 17.3. The molecule has 0 aromatic heterocycles. The van der Waals surface area contributed by atoms with Crippen molar-refractivity contribution in [3.8, 4) is 0 Å². The minimum atomic E-state index is -0.567. The number of methoxy groups -OCH3 is 1. The first-order valence-corrected chi connectivity index (χ1v) is 7.96. The summed E-state index contributed by atoms with van der Waals surface area (Å²) in [6.07, 6.45) is 0.337. The average molecular weight is 352 g/mol. The normalized spacial score (nSPS) is 13.7. The molecular formula is C19H16N2O5. The first-order valence-electron chi connectivity index (χ1n) is 7.96. The number of para-hydroxylation sites is 1. The number of nitrogens with one attached hydrogen (secondary N) is 1. The standard InChI is InChI=1S/C19H16N2O5/c1-26-19(25)14-7-2-3-8-15(14)20-18(24)12-5-4-6-13(11-12)21-16(22)9-10-17(21)23/h2-8,11H,9-10H2,1H3,(H,20,24). The third kappa shape index (κ3) is 3.32. The number of nitrogens with zero attached hydrogens (tertiary/aromatic N) is 1. The maximum absolute atomic E-state index is 12.6. The van der Waals surface area contributed by atoms with E-state index in [2.05, 4.69) is 5.32 Å². The van der Waals surface area contributed by atoms with Gasteiger partial charge in [-0.05, 0) is 30.3 Å². The average Bonchev–Trinajstić information content (AvgIpc) is 3.00. The molecule has 7 nitrogen and oxygen atoms in total. The number of hydrogen-bond acceptors (Lipinski definition) is 5. The van der Waals surface area contributed by atoms with E-state index in [9.17, 15) is 19.2 Å². The Hall–Kier alpha value is -3.48. The van der Waals surface area contributed by atoms with E-state index in [0.29, 0.717) is 11.4 Å². The molecule has 1 heterocycles. The van der Waals surface area contributed by atoms with Crippen LogP contribution in [0.1, 0.15) is 33.6 Å². The zero-order valence-corrected chi connectivity index (χ0v) is 14.0. The second-order valence-corrected chi connectivity index (χ2v) is 5.66. The summed E-state index contributed by atoms with van der Waals surface area (Å²) in [5.41, 5.74) is 1.15. The van der Waals surface area contributed by atoms with Crippen LogP contribution in [0, 0.1) is 0 Å². The van der Waals surface area contributed by atoms with Crippen LogP contribution < -0.4 is 10.2 Å². The van der Waals surface area contributed by atoms with Crippen LogP contribution in [0.3, 0.4) is 0 Å². The van der Waals surface area contributed by atoms with Gasteiger partial charge in [0.15, 0.2) is 0 Å². The highest BCUT2D eigenvalue weighted by atomic mass is 16.5. The largest absolute Gasteiger partial charge is 0.465 e. The smallest absolute Gasteiger partial charge is 0.339 e. The maximum Gasteiger partial charge on any atom is 0.339 e. The molecule has 1 aliphatic heterocycles. The van der Waals surface area contributed by atoms with Gasteiger partial charge in [0, 0.05) is 18.4 Å². The Balaban J connectivity index is 1.86. The molecule has 0 spiro atoms. The van der Waals surface area contributed by atoms with E-state index in [1.54, 1.807) is 42.5 Å². The fraction of sp³-hybridized carbons (Fsp3) is 0.158. The molecule has 0 radical (unpaired) electrons. The minimum Gasteiger partial charge on any atom is -0.465 e. The van der Waals surface area contributed by atoms with E-state index in [1.807, 2.05) is 0 Å². The molecule has 0 aliphatic carbocycles. The van der Waals surface area contributed by atoms with Crippen molar-refractivity contribution in [3.63, 3.8) is 0 Å². The molecule has 132 valence electrons. The van der Waals surface area contributed by atoms with Crippen molar-refractivity contribution >= 4 is 35.1 Å². The molecule has 7 heteroatoms. The van der Waals surface area contributed by atoms with Gasteiger partial charge in [-0.15, -0.1) is 0 Å². The number of ether oxygens (including phenoxy) is 1. The Morgan fingerprint density at radius 1 is 1.00 bits per heavy atom. The van der Waals surface area contributed by atoms with E-state index in [4.69, 9.17) is 4.74 Å². The number of hydrogen-bond donors (Lipinski definition) is 1. The van der Waals surface area contributed by atoms with E-state index < -0.39 is 11.9 Å². The molecule has 1 aliphatic rings. The van der Waals surface area contributed by atoms with Crippen LogP contribution >= 0.6 is 0 Å². The minimum absolute atomic E-state index is 0.168. The summed E-state index contributed by atoms with van der Waals surface area (Å²) in [5.74, 6) is -1.61. The van der Waals surface area contributed by atoms with Crippen LogP contribution in [-0.4, -0.2) is 30.8 Å². The number of amides is 3. The van der Waals surface area contributed by atoms with E-state index in [-0.39, 0.29) is 35.8 Å². The van der Waals surface area contributed by atoms with Gasteiger partial charge in [0.1, 0.15) is 0 Å². The van der Waals surface area contributed by atoms with Gasteiger partial charge in [-0.1, -0.05) is 18.2 Å². The molecule has 1 N–H and O–H groups in total. The summed E-state index contributed by atoms with van der Waals surface area (Å²) < 4.78 is 4.70. The molecule has 0 bridgehead atoms. The first-order chi connectivity index (χ1) is 12.5. The fourth-order valence-electron chi connectivity index (χ4n) is 2.73. The van der Waals surface area contributed by atoms with E-state index in [1.165, 1.54) is 13.2 Å². The Bertz CT molecular complexity index is 890. The predicted molar refractivity (Wildman–Crippen MR) is 93.9 cm³/mol. The fourth-order valence-corrected chi connectivity index (χ4v) is 2.73. The summed E-state index contributed by atoms with van der Waals surface area (Å²) in [6, 6.07) is 12.7. The summed E-state index contributed by atoms with van der Waals surface area (Å²) in [7, 11) is 1.26. The van der Waals surface area contributed by atoms with Crippen molar-refractivity contribution < 1.29 is 23.9 Å². The van der Waals surface area contributed by atoms with Crippen LogP contribution in [0.4, 0.5) is 11.4 Å². The Morgan fingerprint density at radius 2 is 1.69 bits per heavy atom. The van der Waals surface area contributed by atoms with Gasteiger partial charge in [-0.2, -0.15) is 0 Å². The van der Waals surface area contributed by atoms with Gasteiger partial charge in [0.05, 0.1) is 24.0 Å². The highest BCUT2D eigenvalue weighted by molar-refractivity contribution is 6.20. The molecule has 3 rings (SSSR count). The lowest BCUT2D eigenvalue weighted by Gasteiger charge is -2.15. The number of carbonyl (C=O) groups is 4. The van der Waals surface area contributed by atoms with Crippen molar-refractivity contribution in [2.45, 2.75) is 12.8 Å². The molecule has 0 unspecified atom stereocenters. The lowest BCUT2D eigenvalue weighted by atomic mass is 10.1. The van der Waals surface area contributed by atoms with Gasteiger partial charge in [0.2, 0.25) is 11.8 Å². The molecule has 1 saturated heterocycles. The second kappa shape index (κ2) is 7.18. The van der Waals surface area contributed by atoms with Gasteiger partial charge >= 0.3 is 5.97 Å². The third-order valence-electron chi connectivity index (χ3n) is 4.00. The molecule has 26 heavy (non-hydrogen) atoms. The number of anilines is 2. The monoisotopic (exact) mass is 352 g/mol. The number of carbonyl (C=O) groups excluding carboxylic acids is 4. The summed E-state index contributed by atoms with van der Waals surface area (Å²) >= 11 is 0. The summed E-state index contributed by atoms with van der Waals surface area (Å²) in [6.45, 7) is 0. The van der Waals surface area contributed by atoms with Crippen molar-refractivity contribution in [2.75, 3.05) is 17.3 Å².